The van der Waals surface area contributed by atoms with Crippen molar-refractivity contribution in [2.75, 3.05) is 0 Å². The van der Waals surface area contributed by atoms with E-state index in [1.165, 1.54) is 53.9 Å². The second-order valence-electron chi connectivity index (χ2n) is 9.00. The third-order valence-corrected chi connectivity index (χ3v) is 7.19. The van der Waals surface area contributed by atoms with Crippen molar-refractivity contribution in [1.29, 1.82) is 0 Å². The molecule has 0 aliphatic rings. The second kappa shape index (κ2) is 7.41. The van der Waals surface area contributed by atoms with Gasteiger partial charge in [0.2, 0.25) is 0 Å². The summed E-state index contributed by atoms with van der Waals surface area (Å²) < 4.78 is 0. The number of aliphatic hydroxyl groups is 1. The molecule has 0 aromatic heterocycles. The Morgan fingerprint density at radius 3 is 1.56 bits per heavy atom. The van der Waals surface area contributed by atoms with E-state index < -0.39 is 0 Å². The van der Waals surface area contributed by atoms with E-state index in [4.69, 9.17) is 0 Å². The first-order valence-corrected chi connectivity index (χ1v) is 11.7. The summed E-state index contributed by atoms with van der Waals surface area (Å²) in [6.45, 7) is 0.00000157. The smallest absolute Gasteiger partial charge is 0.0688 e. The monoisotopic (exact) mass is 434 g/mol. The molecule has 0 saturated carbocycles. The topological polar surface area (TPSA) is 20.2 Å². The molecule has 1 N–H and O–H groups in total. The van der Waals surface area contributed by atoms with Gasteiger partial charge in [-0.25, -0.2) is 0 Å². The van der Waals surface area contributed by atoms with Gasteiger partial charge in [0.25, 0.3) is 0 Å². The quantitative estimate of drug-likeness (QED) is 0.270. The van der Waals surface area contributed by atoms with Gasteiger partial charge in [-0.15, -0.1) is 0 Å². The highest BCUT2D eigenvalue weighted by atomic mass is 16.3. The highest BCUT2D eigenvalue weighted by molar-refractivity contribution is 6.35. The van der Waals surface area contributed by atoms with Crippen molar-refractivity contribution in [1.82, 2.24) is 0 Å². The van der Waals surface area contributed by atoms with E-state index in [2.05, 4.69) is 109 Å². The fraction of sp³-hybridized carbons (Fsp3) is 0.0303. The first-order valence-electron chi connectivity index (χ1n) is 11.7. The van der Waals surface area contributed by atoms with Crippen LogP contribution in [0.1, 0.15) is 5.56 Å². The van der Waals surface area contributed by atoms with Crippen LogP contribution in [0.3, 0.4) is 0 Å². The molecule has 1 nitrogen and oxygen atoms in total. The van der Waals surface area contributed by atoms with Gasteiger partial charge >= 0.3 is 0 Å². The van der Waals surface area contributed by atoms with E-state index in [0.717, 1.165) is 16.7 Å². The van der Waals surface area contributed by atoms with E-state index in [-0.39, 0.29) is 6.61 Å². The molecule has 7 aromatic carbocycles. The van der Waals surface area contributed by atoms with Crippen LogP contribution in [0.5, 0.6) is 0 Å². The number of aliphatic hydroxyl groups excluding tert-OH is 1. The van der Waals surface area contributed by atoms with Crippen LogP contribution in [0.15, 0.2) is 115 Å². The summed E-state index contributed by atoms with van der Waals surface area (Å²) in [4.78, 5) is 0. The van der Waals surface area contributed by atoms with Gasteiger partial charge in [0.05, 0.1) is 6.61 Å². The largest absolute Gasteiger partial charge is 0.392 e. The Balaban J connectivity index is 1.80. The predicted octanol–water partition coefficient (Wildman–Crippen LogP) is 8.61. The summed E-state index contributed by atoms with van der Waals surface area (Å²) >= 11 is 0. The van der Waals surface area contributed by atoms with Crippen LogP contribution in [0.4, 0.5) is 0 Å². The average Bonchev–Trinajstić information content (AvgIpc) is 2.92. The van der Waals surface area contributed by atoms with Crippen molar-refractivity contribution in [3.8, 4) is 11.1 Å². The molecule has 0 bridgehead atoms. The zero-order chi connectivity index (χ0) is 22.6. The zero-order valence-electron chi connectivity index (χ0n) is 18.6. The number of hydrogen-bond donors (Lipinski definition) is 1. The minimum atomic E-state index is 0.00000157. The minimum absolute atomic E-state index is 0.00000157. The molecule has 7 aromatic rings. The normalized spacial score (nSPS) is 11.8. The first-order chi connectivity index (χ1) is 16.8. The predicted molar refractivity (Wildman–Crippen MR) is 145 cm³/mol. The van der Waals surface area contributed by atoms with Gasteiger partial charge in [0, 0.05) is 0 Å². The Morgan fingerprint density at radius 1 is 0.441 bits per heavy atom. The second-order valence-corrected chi connectivity index (χ2v) is 9.00. The molecule has 160 valence electrons. The van der Waals surface area contributed by atoms with Crippen molar-refractivity contribution in [3.63, 3.8) is 0 Å². The molecule has 1 heteroatoms. The summed E-state index contributed by atoms with van der Waals surface area (Å²) in [5.41, 5.74) is 3.16. The molecule has 0 heterocycles. The van der Waals surface area contributed by atoms with Crippen molar-refractivity contribution in [2.24, 2.45) is 0 Å². The van der Waals surface area contributed by atoms with E-state index >= 15 is 0 Å². The van der Waals surface area contributed by atoms with Crippen LogP contribution in [0.25, 0.3) is 65.0 Å². The number of benzene rings is 7. The molecule has 0 radical (unpaired) electrons. The molecule has 34 heavy (non-hydrogen) atoms. The van der Waals surface area contributed by atoms with E-state index in [1.54, 1.807) is 0 Å². The van der Waals surface area contributed by atoms with E-state index in [0.29, 0.717) is 0 Å². The molecule has 0 amide bonds. The number of rotatable bonds is 2. The standard InChI is InChI=1S/C33H22O/c34-20-24-18-30-31(19-29(24)21-8-2-1-3-9-21)33-26-13-7-5-11-23(26)15-17-28(33)27-16-14-22-10-4-6-12-25(22)32(27)30/h1-19,34H,20H2. The van der Waals surface area contributed by atoms with Crippen LogP contribution in [-0.4, -0.2) is 5.11 Å². The van der Waals surface area contributed by atoms with E-state index in [1.807, 2.05) is 6.07 Å². The molecule has 0 saturated heterocycles. The van der Waals surface area contributed by atoms with Crippen molar-refractivity contribution < 1.29 is 5.11 Å². The van der Waals surface area contributed by atoms with Crippen molar-refractivity contribution in [2.45, 2.75) is 6.61 Å². The van der Waals surface area contributed by atoms with Crippen molar-refractivity contribution in [3.05, 3.63) is 121 Å². The Morgan fingerprint density at radius 2 is 0.971 bits per heavy atom. The fourth-order valence-electron chi connectivity index (χ4n) is 5.65. The lowest BCUT2D eigenvalue weighted by atomic mass is 9.86. The summed E-state index contributed by atoms with van der Waals surface area (Å²) in [5.74, 6) is 0. The molecule has 7 rings (SSSR count). The maximum absolute atomic E-state index is 10.4. The van der Waals surface area contributed by atoms with Crippen LogP contribution < -0.4 is 0 Å². The Kier molecular flexibility index (Phi) is 4.20. The van der Waals surface area contributed by atoms with E-state index in [9.17, 15) is 5.11 Å². The van der Waals surface area contributed by atoms with Gasteiger partial charge in [0.1, 0.15) is 0 Å². The molecule has 0 aliphatic carbocycles. The highest BCUT2D eigenvalue weighted by Gasteiger charge is 2.16. The average molecular weight is 435 g/mol. The fourth-order valence-corrected chi connectivity index (χ4v) is 5.65. The molecule has 0 aliphatic heterocycles. The lowest BCUT2D eigenvalue weighted by molar-refractivity contribution is 0.282. The van der Waals surface area contributed by atoms with Crippen LogP contribution in [0.2, 0.25) is 0 Å². The van der Waals surface area contributed by atoms with Gasteiger partial charge < -0.3 is 5.11 Å². The van der Waals surface area contributed by atoms with Crippen LogP contribution >= 0.6 is 0 Å². The van der Waals surface area contributed by atoms with Crippen molar-refractivity contribution >= 4 is 53.9 Å². The van der Waals surface area contributed by atoms with Crippen LogP contribution in [0, 0.1) is 0 Å². The Labute approximate surface area is 197 Å². The molecule has 0 fully saturated rings. The Bertz CT molecular complexity index is 1880. The lowest BCUT2D eigenvalue weighted by Gasteiger charge is -2.18. The number of fused-ring (bicyclic) bond motifs is 10. The molecule has 0 atom stereocenters. The van der Waals surface area contributed by atoms with Gasteiger partial charge in [-0.1, -0.05) is 103 Å². The van der Waals surface area contributed by atoms with Gasteiger partial charge in [-0.2, -0.15) is 0 Å². The van der Waals surface area contributed by atoms with Gasteiger partial charge in [-0.05, 0) is 82.7 Å². The third kappa shape index (κ3) is 2.71. The maximum atomic E-state index is 10.4. The third-order valence-electron chi connectivity index (χ3n) is 7.19. The summed E-state index contributed by atoms with van der Waals surface area (Å²) in [6.07, 6.45) is 0. The van der Waals surface area contributed by atoms with Gasteiger partial charge in [0.15, 0.2) is 0 Å². The zero-order valence-corrected chi connectivity index (χ0v) is 18.6. The van der Waals surface area contributed by atoms with Gasteiger partial charge in [-0.3, -0.25) is 0 Å². The summed E-state index contributed by atoms with van der Waals surface area (Å²) in [5, 5.41) is 22.9. The molecular formula is C33H22O. The molecule has 0 spiro atoms. The summed E-state index contributed by atoms with van der Waals surface area (Å²) in [6, 6.07) is 41.1. The maximum Gasteiger partial charge on any atom is 0.0688 e. The number of hydrogen-bond acceptors (Lipinski definition) is 1. The first kappa shape index (κ1) is 19.3. The van der Waals surface area contributed by atoms with Crippen LogP contribution in [-0.2, 0) is 6.61 Å². The molecule has 0 unspecified atom stereocenters. The Hall–Kier alpha value is -4.20. The SMILES string of the molecule is OCc1cc2c(cc1-c1ccccc1)c1c3ccccc3ccc1c1ccc3ccccc3c12. The summed E-state index contributed by atoms with van der Waals surface area (Å²) in [7, 11) is 0. The molecular weight excluding hydrogens is 412 g/mol. The highest BCUT2D eigenvalue weighted by Crippen LogP contribution is 2.43. The minimum Gasteiger partial charge on any atom is -0.392 e. The lowest BCUT2D eigenvalue weighted by Crippen LogP contribution is -1.93.